The van der Waals surface area contributed by atoms with E-state index in [-0.39, 0.29) is 5.25 Å². The highest BCUT2D eigenvalue weighted by atomic mass is 35.7. The van der Waals surface area contributed by atoms with Gasteiger partial charge in [-0.3, -0.25) is 0 Å². The highest BCUT2D eigenvalue weighted by molar-refractivity contribution is 8.14. The maximum Gasteiger partial charge on any atom is 0.235 e. The van der Waals surface area contributed by atoms with E-state index in [2.05, 4.69) is 0 Å². The minimum absolute atomic E-state index is 0.348. The van der Waals surface area contributed by atoms with Crippen molar-refractivity contribution in [3.8, 4) is 0 Å². The lowest BCUT2D eigenvalue weighted by molar-refractivity contribution is 0.582. The summed E-state index contributed by atoms with van der Waals surface area (Å²) in [5.74, 6) is 0. The molecule has 1 aliphatic rings. The van der Waals surface area contributed by atoms with Gasteiger partial charge in [-0.15, -0.1) is 0 Å². The molecule has 0 radical (unpaired) electrons. The van der Waals surface area contributed by atoms with Crippen LogP contribution in [0.2, 0.25) is 0 Å². The van der Waals surface area contributed by atoms with Crippen LogP contribution in [0.4, 0.5) is 0 Å². The summed E-state index contributed by atoms with van der Waals surface area (Å²) in [6.07, 6.45) is 5.93. The summed E-state index contributed by atoms with van der Waals surface area (Å²) in [5, 5.41) is -0.348. The molecule has 2 nitrogen and oxygen atoms in total. The third kappa shape index (κ3) is 1.99. The third-order valence-corrected chi connectivity index (χ3v) is 3.60. The maximum absolute atomic E-state index is 10.7. The van der Waals surface area contributed by atoms with Gasteiger partial charge in [-0.25, -0.2) is 8.42 Å². The van der Waals surface area contributed by atoms with Crippen molar-refractivity contribution in [2.75, 3.05) is 0 Å². The molecule has 0 N–H and O–H groups in total. The lowest BCUT2D eigenvalue weighted by Crippen LogP contribution is -2.16. The molecule has 4 heteroatoms. The van der Waals surface area contributed by atoms with Crippen LogP contribution in [0.1, 0.15) is 19.3 Å². The van der Waals surface area contributed by atoms with Gasteiger partial charge in [-0.05, 0) is 19.3 Å². The largest absolute Gasteiger partial charge is 0.235 e. The molecule has 0 saturated heterocycles. The second kappa shape index (κ2) is 2.93. The standard InChI is InChI=1S/C6H9ClO2S/c7-10(8,9)6-4-2-1-3-5-6/h1-2,6H,3-5H2. The van der Waals surface area contributed by atoms with Crippen LogP contribution in [0.25, 0.3) is 0 Å². The first-order chi connectivity index (χ1) is 4.61. The molecule has 0 fully saturated rings. The van der Waals surface area contributed by atoms with Crippen molar-refractivity contribution in [3.63, 3.8) is 0 Å². The summed E-state index contributed by atoms with van der Waals surface area (Å²) < 4.78 is 21.4. The Morgan fingerprint density at radius 3 is 2.40 bits per heavy atom. The van der Waals surface area contributed by atoms with Gasteiger partial charge in [-0.1, -0.05) is 12.2 Å². The predicted molar refractivity (Wildman–Crippen MR) is 41.6 cm³/mol. The molecule has 0 aromatic heterocycles. The van der Waals surface area contributed by atoms with Crippen molar-refractivity contribution in [3.05, 3.63) is 12.2 Å². The van der Waals surface area contributed by atoms with Crippen LogP contribution in [0.15, 0.2) is 12.2 Å². The molecule has 0 saturated carbocycles. The fraction of sp³-hybridized carbons (Fsp3) is 0.667. The number of rotatable bonds is 1. The van der Waals surface area contributed by atoms with Gasteiger partial charge in [0.05, 0.1) is 5.25 Å². The highest BCUT2D eigenvalue weighted by Gasteiger charge is 2.22. The van der Waals surface area contributed by atoms with E-state index in [1.165, 1.54) is 0 Å². The molecular formula is C6H9ClO2S. The lowest BCUT2D eigenvalue weighted by atomic mass is 10.1. The molecule has 58 valence electrons. The van der Waals surface area contributed by atoms with Gasteiger partial charge in [0, 0.05) is 10.7 Å². The van der Waals surface area contributed by atoms with Crippen LogP contribution in [-0.4, -0.2) is 13.7 Å². The topological polar surface area (TPSA) is 34.1 Å². The third-order valence-electron chi connectivity index (χ3n) is 1.62. The molecule has 0 amide bonds. The second-order valence-corrected chi connectivity index (χ2v) is 5.29. The molecule has 10 heavy (non-hydrogen) atoms. The summed E-state index contributed by atoms with van der Waals surface area (Å²) in [6, 6.07) is 0. The maximum atomic E-state index is 10.7. The minimum atomic E-state index is -3.30. The lowest BCUT2D eigenvalue weighted by Gasteiger charge is -2.12. The number of hydrogen-bond acceptors (Lipinski definition) is 2. The van der Waals surface area contributed by atoms with E-state index in [4.69, 9.17) is 10.7 Å². The Labute approximate surface area is 65.3 Å². The van der Waals surface area contributed by atoms with Crippen LogP contribution in [0.5, 0.6) is 0 Å². The number of allylic oxidation sites excluding steroid dienone is 2. The summed E-state index contributed by atoms with van der Waals surface area (Å²) >= 11 is 0. The molecule has 0 heterocycles. The first-order valence-corrected chi connectivity index (χ1v) is 5.56. The zero-order valence-corrected chi connectivity index (χ0v) is 7.03. The van der Waals surface area contributed by atoms with Crippen molar-refractivity contribution >= 4 is 19.7 Å². The summed E-state index contributed by atoms with van der Waals surface area (Å²) in [6.45, 7) is 0. The Balaban J connectivity index is 2.67. The zero-order chi connectivity index (χ0) is 7.61. The van der Waals surface area contributed by atoms with Gasteiger partial charge < -0.3 is 0 Å². The molecule has 1 rings (SSSR count). The van der Waals surface area contributed by atoms with Crippen LogP contribution in [0.3, 0.4) is 0 Å². The monoisotopic (exact) mass is 180 g/mol. The molecule has 0 aromatic rings. The van der Waals surface area contributed by atoms with Gasteiger partial charge in [0.1, 0.15) is 0 Å². The van der Waals surface area contributed by atoms with Crippen LogP contribution >= 0.6 is 10.7 Å². The van der Waals surface area contributed by atoms with Gasteiger partial charge in [0.2, 0.25) is 9.05 Å². The predicted octanol–water partition coefficient (Wildman–Crippen LogP) is 1.66. The molecule has 0 spiro atoms. The molecule has 1 atom stereocenters. The quantitative estimate of drug-likeness (QED) is 0.455. The van der Waals surface area contributed by atoms with Gasteiger partial charge >= 0.3 is 0 Å². The van der Waals surface area contributed by atoms with Crippen molar-refractivity contribution in [1.29, 1.82) is 0 Å². The average Bonchev–Trinajstić information content (AvgIpc) is 1.88. The average molecular weight is 181 g/mol. The van der Waals surface area contributed by atoms with E-state index in [1.54, 1.807) is 0 Å². The van der Waals surface area contributed by atoms with Crippen LogP contribution in [-0.2, 0) is 9.05 Å². The Kier molecular flexibility index (Phi) is 2.36. The summed E-state index contributed by atoms with van der Waals surface area (Å²) in [4.78, 5) is 0. The minimum Gasteiger partial charge on any atom is -0.212 e. The normalized spacial score (nSPS) is 26.7. The SMILES string of the molecule is O=S(=O)(Cl)C1CC=CCC1. The second-order valence-electron chi connectivity index (χ2n) is 2.38. The fourth-order valence-electron chi connectivity index (χ4n) is 1.02. The van der Waals surface area contributed by atoms with Gasteiger partial charge in [0.25, 0.3) is 0 Å². The van der Waals surface area contributed by atoms with Crippen molar-refractivity contribution in [1.82, 2.24) is 0 Å². The van der Waals surface area contributed by atoms with E-state index in [9.17, 15) is 8.42 Å². The molecule has 0 bridgehead atoms. The van der Waals surface area contributed by atoms with E-state index in [0.717, 1.165) is 6.42 Å². The van der Waals surface area contributed by atoms with Crippen molar-refractivity contribution < 1.29 is 8.42 Å². The Hall–Kier alpha value is -0.0200. The Morgan fingerprint density at radius 2 is 2.10 bits per heavy atom. The molecular weight excluding hydrogens is 172 g/mol. The Morgan fingerprint density at radius 1 is 1.40 bits per heavy atom. The summed E-state index contributed by atoms with van der Waals surface area (Å²) in [7, 11) is 1.85. The van der Waals surface area contributed by atoms with E-state index < -0.39 is 9.05 Å². The Bertz CT molecular complexity index is 230. The first kappa shape index (κ1) is 8.08. The molecule has 0 aliphatic heterocycles. The van der Waals surface area contributed by atoms with Crippen molar-refractivity contribution in [2.24, 2.45) is 0 Å². The van der Waals surface area contributed by atoms with E-state index in [0.29, 0.717) is 12.8 Å². The van der Waals surface area contributed by atoms with E-state index in [1.807, 2.05) is 12.2 Å². The first-order valence-electron chi connectivity index (χ1n) is 3.19. The molecule has 1 aliphatic carbocycles. The molecule has 1 unspecified atom stereocenters. The summed E-state index contributed by atoms with van der Waals surface area (Å²) in [5.41, 5.74) is 0. The van der Waals surface area contributed by atoms with Gasteiger partial charge in [-0.2, -0.15) is 0 Å². The highest BCUT2D eigenvalue weighted by Crippen LogP contribution is 2.21. The fourth-order valence-corrected chi connectivity index (χ4v) is 2.27. The van der Waals surface area contributed by atoms with Crippen molar-refractivity contribution in [2.45, 2.75) is 24.5 Å². The number of hydrogen-bond donors (Lipinski definition) is 0. The molecule has 0 aromatic carbocycles. The smallest absolute Gasteiger partial charge is 0.212 e. The number of halogens is 1. The van der Waals surface area contributed by atoms with Gasteiger partial charge in [0.15, 0.2) is 0 Å². The zero-order valence-electron chi connectivity index (χ0n) is 5.46. The van der Waals surface area contributed by atoms with Crippen LogP contribution < -0.4 is 0 Å². The van der Waals surface area contributed by atoms with Crippen LogP contribution in [0, 0.1) is 0 Å². The van der Waals surface area contributed by atoms with E-state index >= 15 is 0 Å².